The van der Waals surface area contributed by atoms with Gasteiger partial charge < -0.3 is 19.5 Å². The lowest BCUT2D eigenvalue weighted by Gasteiger charge is -2.12. The molecule has 0 bridgehead atoms. The Morgan fingerprint density at radius 1 is 0.952 bits per heavy atom. The summed E-state index contributed by atoms with van der Waals surface area (Å²) in [4.78, 5) is 0. The second-order valence-corrected chi connectivity index (χ2v) is 5.45. The van der Waals surface area contributed by atoms with E-state index < -0.39 is 0 Å². The number of hydrogen-bond acceptors (Lipinski definition) is 4. The molecule has 4 nitrogen and oxygen atoms in total. The van der Waals surface area contributed by atoms with E-state index in [0.717, 1.165) is 13.1 Å². The summed E-state index contributed by atoms with van der Waals surface area (Å²) in [6.45, 7) is 9.45. The van der Waals surface area contributed by atoms with Crippen molar-refractivity contribution in [3.8, 4) is 0 Å². The first-order valence-electron chi connectivity index (χ1n) is 7.66. The van der Waals surface area contributed by atoms with Gasteiger partial charge in [0.1, 0.15) is 0 Å². The molecule has 0 saturated carbocycles. The third kappa shape index (κ3) is 8.83. The van der Waals surface area contributed by atoms with Crippen molar-refractivity contribution in [3.05, 3.63) is 35.4 Å². The van der Waals surface area contributed by atoms with Gasteiger partial charge in [-0.3, -0.25) is 0 Å². The van der Waals surface area contributed by atoms with E-state index in [0.29, 0.717) is 39.0 Å². The summed E-state index contributed by atoms with van der Waals surface area (Å²) in [6.07, 6.45) is 0. The zero-order valence-corrected chi connectivity index (χ0v) is 13.6. The fraction of sp³-hybridized carbons (Fsp3) is 0.647. The molecule has 0 aliphatic rings. The van der Waals surface area contributed by atoms with Crippen LogP contribution >= 0.6 is 0 Å². The Labute approximate surface area is 128 Å². The van der Waals surface area contributed by atoms with Gasteiger partial charge in [-0.1, -0.05) is 38.1 Å². The Balaban J connectivity index is 2.24. The van der Waals surface area contributed by atoms with Crippen LogP contribution in [0.4, 0.5) is 0 Å². The van der Waals surface area contributed by atoms with Crippen LogP contribution in [-0.4, -0.2) is 40.1 Å². The van der Waals surface area contributed by atoms with Gasteiger partial charge in [-0.2, -0.15) is 0 Å². The van der Waals surface area contributed by atoms with Crippen LogP contribution in [0.15, 0.2) is 24.3 Å². The fourth-order valence-electron chi connectivity index (χ4n) is 1.91. The highest BCUT2D eigenvalue weighted by Crippen LogP contribution is 2.10. The fourth-order valence-corrected chi connectivity index (χ4v) is 1.91. The largest absolute Gasteiger partial charge is 0.382 e. The van der Waals surface area contributed by atoms with Gasteiger partial charge in [0.25, 0.3) is 0 Å². The van der Waals surface area contributed by atoms with E-state index >= 15 is 0 Å². The summed E-state index contributed by atoms with van der Waals surface area (Å²) in [5.41, 5.74) is 2.55. The minimum Gasteiger partial charge on any atom is -0.382 e. The maximum Gasteiger partial charge on any atom is 0.0721 e. The minimum atomic E-state index is 0.608. The van der Waals surface area contributed by atoms with E-state index in [2.05, 4.69) is 43.4 Å². The maximum absolute atomic E-state index is 5.67. The Kier molecular flexibility index (Phi) is 10.1. The third-order valence-electron chi connectivity index (χ3n) is 3.05. The molecule has 0 aliphatic heterocycles. The summed E-state index contributed by atoms with van der Waals surface area (Å²) in [6, 6.07) is 8.41. The Hall–Kier alpha value is -0.940. The molecule has 1 N–H and O–H groups in total. The molecule has 0 spiro atoms. The average molecular weight is 295 g/mol. The lowest BCUT2D eigenvalue weighted by molar-refractivity contribution is 0.0198. The van der Waals surface area contributed by atoms with Crippen molar-refractivity contribution >= 4 is 0 Å². The molecule has 0 saturated heterocycles. The van der Waals surface area contributed by atoms with Crippen LogP contribution in [0, 0.1) is 5.92 Å². The zero-order chi connectivity index (χ0) is 15.3. The first-order valence-corrected chi connectivity index (χ1v) is 7.66. The van der Waals surface area contributed by atoms with Crippen LogP contribution in [0.1, 0.15) is 25.0 Å². The van der Waals surface area contributed by atoms with Crippen molar-refractivity contribution < 1.29 is 14.2 Å². The van der Waals surface area contributed by atoms with E-state index in [4.69, 9.17) is 14.2 Å². The van der Waals surface area contributed by atoms with E-state index in [1.807, 2.05) is 0 Å². The van der Waals surface area contributed by atoms with Crippen molar-refractivity contribution in [1.82, 2.24) is 5.32 Å². The van der Waals surface area contributed by atoms with Gasteiger partial charge in [-0.25, -0.2) is 0 Å². The number of rotatable bonds is 12. The molecule has 0 heterocycles. The highest BCUT2D eigenvalue weighted by atomic mass is 16.5. The summed E-state index contributed by atoms with van der Waals surface area (Å²) < 4.78 is 16.0. The first kappa shape index (κ1) is 18.1. The predicted molar refractivity (Wildman–Crippen MR) is 85.3 cm³/mol. The van der Waals surface area contributed by atoms with Gasteiger partial charge in [-0.05, 0) is 23.6 Å². The molecular formula is C17H29NO3. The monoisotopic (exact) mass is 295 g/mol. The molecule has 4 heteroatoms. The van der Waals surface area contributed by atoms with Gasteiger partial charge in [-0.15, -0.1) is 0 Å². The van der Waals surface area contributed by atoms with Crippen molar-refractivity contribution in [2.45, 2.75) is 27.0 Å². The Morgan fingerprint density at radius 3 is 2.33 bits per heavy atom. The van der Waals surface area contributed by atoms with Crippen molar-refractivity contribution in [3.63, 3.8) is 0 Å². The molecule has 0 atom stereocenters. The Morgan fingerprint density at radius 2 is 1.62 bits per heavy atom. The second-order valence-electron chi connectivity index (χ2n) is 5.45. The Bertz CT molecular complexity index is 369. The van der Waals surface area contributed by atoms with E-state index in [1.165, 1.54) is 11.1 Å². The van der Waals surface area contributed by atoms with Gasteiger partial charge in [0.15, 0.2) is 0 Å². The molecule has 120 valence electrons. The molecule has 21 heavy (non-hydrogen) atoms. The van der Waals surface area contributed by atoms with Crippen molar-refractivity contribution in [1.29, 1.82) is 0 Å². The highest BCUT2D eigenvalue weighted by molar-refractivity contribution is 5.26. The van der Waals surface area contributed by atoms with E-state index in [-0.39, 0.29) is 0 Å². The van der Waals surface area contributed by atoms with Gasteiger partial charge >= 0.3 is 0 Å². The van der Waals surface area contributed by atoms with Crippen molar-refractivity contribution in [2.75, 3.05) is 40.1 Å². The molecule has 0 fully saturated rings. The maximum atomic E-state index is 5.67. The van der Waals surface area contributed by atoms with Gasteiger partial charge in [0.2, 0.25) is 0 Å². The molecule has 0 aliphatic carbocycles. The SMILES string of the molecule is COCCOCCOCc1ccccc1CNCC(C)C. The van der Waals surface area contributed by atoms with Gasteiger partial charge in [0, 0.05) is 13.7 Å². The molecule has 0 amide bonds. The topological polar surface area (TPSA) is 39.7 Å². The summed E-state index contributed by atoms with van der Waals surface area (Å²) >= 11 is 0. The number of nitrogens with one attached hydrogen (secondary N) is 1. The number of ether oxygens (including phenoxy) is 3. The van der Waals surface area contributed by atoms with Gasteiger partial charge in [0.05, 0.1) is 33.0 Å². The number of benzene rings is 1. The van der Waals surface area contributed by atoms with Crippen molar-refractivity contribution in [2.24, 2.45) is 5.92 Å². The molecule has 1 rings (SSSR count). The summed E-state index contributed by atoms with van der Waals surface area (Å²) in [7, 11) is 1.67. The second kappa shape index (κ2) is 11.7. The third-order valence-corrected chi connectivity index (χ3v) is 3.05. The lowest BCUT2D eigenvalue weighted by Crippen LogP contribution is -2.20. The minimum absolute atomic E-state index is 0.608. The molecule has 1 aromatic rings. The van der Waals surface area contributed by atoms with Crippen LogP contribution in [0.5, 0.6) is 0 Å². The standard InChI is InChI=1S/C17H29NO3/c1-15(2)12-18-13-16-6-4-5-7-17(16)14-21-11-10-20-9-8-19-3/h4-7,15,18H,8-14H2,1-3H3. The lowest BCUT2D eigenvalue weighted by atomic mass is 10.1. The summed E-state index contributed by atoms with van der Waals surface area (Å²) in [5.74, 6) is 0.665. The smallest absolute Gasteiger partial charge is 0.0721 e. The van der Waals surface area contributed by atoms with Crippen LogP contribution in [0.2, 0.25) is 0 Å². The van der Waals surface area contributed by atoms with Crippen LogP contribution < -0.4 is 5.32 Å². The van der Waals surface area contributed by atoms with E-state index in [1.54, 1.807) is 7.11 Å². The van der Waals surface area contributed by atoms with Crippen LogP contribution in [0.25, 0.3) is 0 Å². The molecule has 1 aromatic carbocycles. The quantitative estimate of drug-likeness (QED) is 0.602. The van der Waals surface area contributed by atoms with Crippen LogP contribution in [0.3, 0.4) is 0 Å². The normalized spacial score (nSPS) is 11.2. The summed E-state index contributed by atoms with van der Waals surface area (Å²) in [5, 5.41) is 3.47. The molecule has 0 radical (unpaired) electrons. The molecule has 0 unspecified atom stereocenters. The molecular weight excluding hydrogens is 266 g/mol. The predicted octanol–water partition coefficient (Wildman–Crippen LogP) is 2.61. The number of methoxy groups -OCH3 is 1. The first-order chi connectivity index (χ1) is 10.2. The highest BCUT2D eigenvalue weighted by Gasteiger charge is 2.02. The number of hydrogen-bond donors (Lipinski definition) is 1. The average Bonchev–Trinajstić information content (AvgIpc) is 2.47. The zero-order valence-electron chi connectivity index (χ0n) is 13.6. The van der Waals surface area contributed by atoms with Crippen LogP contribution in [-0.2, 0) is 27.4 Å². The molecule has 0 aromatic heterocycles. The van der Waals surface area contributed by atoms with E-state index in [9.17, 15) is 0 Å².